The first-order valence-electron chi connectivity index (χ1n) is 7.33. The maximum atomic E-state index is 11.7. The van der Waals surface area contributed by atoms with Crippen molar-refractivity contribution in [3.63, 3.8) is 0 Å². The Morgan fingerprint density at radius 1 is 1.28 bits per heavy atom. The summed E-state index contributed by atoms with van der Waals surface area (Å²) in [7, 11) is -2.89. The minimum Gasteiger partial charge on any atom is -0.325 e. The molecule has 0 spiro atoms. The lowest BCUT2D eigenvalue weighted by molar-refractivity contribution is 0.205. The molecule has 0 aromatic heterocycles. The molecule has 106 valence electrons. The fourth-order valence-corrected chi connectivity index (χ4v) is 5.17. The maximum absolute atomic E-state index is 11.7. The van der Waals surface area contributed by atoms with Gasteiger partial charge in [0, 0.05) is 11.8 Å². The highest BCUT2D eigenvalue weighted by molar-refractivity contribution is 7.91. The smallest absolute Gasteiger partial charge is 0.150 e. The van der Waals surface area contributed by atoms with E-state index in [0.29, 0.717) is 5.92 Å². The van der Waals surface area contributed by atoms with Gasteiger partial charge in [0.2, 0.25) is 0 Å². The van der Waals surface area contributed by atoms with E-state index < -0.39 is 9.84 Å². The van der Waals surface area contributed by atoms with Crippen LogP contribution in [0.4, 0.5) is 0 Å². The normalized spacial score (nSPS) is 42.1. The van der Waals surface area contributed by atoms with Gasteiger partial charge in [0.1, 0.15) is 9.84 Å². The van der Waals surface area contributed by atoms with Gasteiger partial charge in [-0.1, -0.05) is 19.8 Å². The lowest BCUT2D eigenvalue weighted by Crippen LogP contribution is -2.48. The number of sulfone groups is 1. The van der Waals surface area contributed by atoms with Crippen molar-refractivity contribution in [1.82, 2.24) is 0 Å². The van der Waals surface area contributed by atoms with E-state index in [9.17, 15) is 8.42 Å². The summed E-state index contributed by atoms with van der Waals surface area (Å²) in [6, 6.07) is 0. The quantitative estimate of drug-likeness (QED) is 0.859. The highest BCUT2D eigenvalue weighted by Gasteiger charge is 2.44. The summed E-state index contributed by atoms with van der Waals surface area (Å²) in [6.45, 7) is 2.23. The van der Waals surface area contributed by atoms with Gasteiger partial charge >= 0.3 is 0 Å². The van der Waals surface area contributed by atoms with Gasteiger partial charge in [-0.25, -0.2) is 8.42 Å². The third-order valence-electron chi connectivity index (χ3n) is 5.31. The molecule has 0 heterocycles. The second-order valence-corrected chi connectivity index (χ2v) is 8.89. The molecule has 18 heavy (non-hydrogen) atoms. The molecule has 2 N–H and O–H groups in total. The second-order valence-electron chi connectivity index (χ2n) is 6.57. The predicted molar refractivity (Wildman–Crippen MR) is 75.1 cm³/mol. The van der Waals surface area contributed by atoms with Crippen molar-refractivity contribution in [3.05, 3.63) is 0 Å². The zero-order valence-corrected chi connectivity index (χ0v) is 12.5. The number of rotatable bonds is 3. The Morgan fingerprint density at radius 2 is 2.00 bits per heavy atom. The fraction of sp³-hybridized carbons (Fsp3) is 1.00. The van der Waals surface area contributed by atoms with Crippen molar-refractivity contribution in [2.75, 3.05) is 6.26 Å². The van der Waals surface area contributed by atoms with Crippen LogP contribution >= 0.6 is 0 Å². The van der Waals surface area contributed by atoms with Crippen molar-refractivity contribution in [1.29, 1.82) is 0 Å². The molecule has 0 aromatic carbocycles. The molecule has 0 saturated heterocycles. The van der Waals surface area contributed by atoms with Crippen LogP contribution < -0.4 is 5.73 Å². The minimum absolute atomic E-state index is 0.0793. The van der Waals surface area contributed by atoms with E-state index in [2.05, 4.69) is 6.92 Å². The van der Waals surface area contributed by atoms with Crippen LogP contribution in [0.25, 0.3) is 0 Å². The summed E-state index contributed by atoms with van der Waals surface area (Å²) in [5.41, 5.74) is 6.53. The number of hydrogen-bond donors (Lipinski definition) is 1. The lowest BCUT2D eigenvalue weighted by Gasteiger charge is -2.39. The van der Waals surface area contributed by atoms with Crippen molar-refractivity contribution >= 4 is 9.84 Å². The van der Waals surface area contributed by atoms with E-state index in [0.717, 1.165) is 44.4 Å². The first-order valence-corrected chi connectivity index (χ1v) is 9.28. The Morgan fingerprint density at radius 3 is 2.56 bits per heavy atom. The molecule has 4 atom stereocenters. The zero-order chi connectivity index (χ0) is 13.4. The molecule has 2 fully saturated rings. The van der Waals surface area contributed by atoms with E-state index in [-0.39, 0.29) is 10.8 Å². The minimum atomic E-state index is -2.89. The SMILES string of the molecule is CCC1CCC(N)(C2CCCC(S(C)(=O)=O)C2)C1. The van der Waals surface area contributed by atoms with Crippen molar-refractivity contribution in [3.8, 4) is 0 Å². The van der Waals surface area contributed by atoms with Gasteiger partial charge in [0.25, 0.3) is 0 Å². The first kappa shape index (κ1) is 14.3. The molecule has 0 aromatic rings. The van der Waals surface area contributed by atoms with Crippen LogP contribution in [0.5, 0.6) is 0 Å². The highest BCUT2D eigenvalue weighted by Crippen LogP contribution is 2.45. The van der Waals surface area contributed by atoms with E-state index in [1.807, 2.05) is 0 Å². The van der Waals surface area contributed by atoms with Crippen molar-refractivity contribution in [2.45, 2.75) is 69.1 Å². The second kappa shape index (κ2) is 5.12. The third kappa shape index (κ3) is 2.90. The molecule has 4 heteroatoms. The lowest BCUT2D eigenvalue weighted by atomic mass is 9.73. The third-order valence-corrected chi connectivity index (χ3v) is 6.95. The van der Waals surface area contributed by atoms with Crippen LogP contribution in [0.3, 0.4) is 0 Å². The zero-order valence-electron chi connectivity index (χ0n) is 11.7. The van der Waals surface area contributed by atoms with E-state index in [1.165, 1.54) is 19.1 Å². The van der Waals surface area contributed by atoms with Gasteiger partial charge < -0.3 is 5.73 Å². The summed E-state index contributed by atoms with van der Waals surface area (Å²) in [5, 5.41) is -0.141. The predicted octanol–water partition coefficient (Wildman–Crippen LogP) is 2.50. The number of hydrogen-bond acceptors (Lipinski definition) is 3. The van der Waals surface area contributed by atoms with Gasteiger partial charge in [-0.15, -0.1) is 0 Å². The fourth-order valence-electron chi connectivity index (χ4n) is 3.99. The Labute approximate surface area is 111 Å². The summed E-state index contributed by atoms with van der Waals surface area (Å²) in [5.74, 6) is 1.18. The van der Waals surface area contributed by atoms with Crippen LogP contribution in [0.2, 0.25) is 0 Å². The summed E-state index contributed by atoms with van der Waals surface area (Å²) >= 11 is 0. The summed E-state index contributed by atoms with van der Waals surface area (Å²) in [4.78, 5) is 0. The Bertz CT molecular complexity index is 393. The van der Waals surface area contributed by atoms with Gasteiger partial charge in [0.15, 0.2) is 0 Å². The van der Waals surface area contributed by atoms with Gasteiger partial charge in [0.05, 0.1) is 5.25 Å². The highest BCUT2D eigenvalue weighted by atomic mass is 32.2. The van der Waals surface area contributed by atoms with Crippen molar-refractivity contribution in [2.24, 2.45) is 17.6 Å². The molecule has 0 amide bonds. The Hall–Kier alpha value is -0.0900. The average Bonchev–Trinajstić information content (AvgIpc) is 2.72. The molecule has 0 radical (unpaired) electrons. The van der Waals surface area contributed by atoms with E-state index >= 15 is 0 Å². The van der Waals surface area contributed by atoms with Gasteiger partial charge in [-0.3, -0.25) is 0 Å². The average molecular weight is 273 g/mol. The largest absolute Gasteiger partial charge is 0.325 e. The molecule has 2 saturated carbocycles. The topological polar surface area (TPSA) is 60.2 Å². The molecule has 2 aliphatic carbocycles. The van der Waals surface area contributed by atoms with E-state index in [4.69, 9.17) is 5.73 Å². The standard InChI is InChI=1S/C14H27NO2S/c1-3-11-7-8-14(15,10-11)12-5-4-6-13(9-12)18(2,16)17/h11-13H,3-10,15H2,1-2H3. The van der Waals surface area contributed by atoms with Gasteiger partial charge in [-0.2, -0.15) is 0 Å². The molecule has 2 aliphatic rings. The summed E-state index contributed by atoms with van der Waals surface area (Å²) < 4.78 is 23.5. The van der Waals surface area contributed by atoms with Crippen molar-refractivity contribution < 1.29 is 8.42 Å². The molecular formula is C14H27NO2S. The van der Waals surface area contributed by atoms with Crippen LogP contribution in [-0.2, 0) is 9.84 Å². The number of nitrogens with two attached hydrogens (primary N) is 1. The molecule has 3 nitrogen and oxygen atoms in total. The Kier molecular flexibility index (Phi) is 4.07. The van der Waals surface area contributed by atoms with E-state index in [1.54, 1.807) is 0 Å². The van der Waals surface area contributed by atoms with Gasteiger partial charge in [-0.05, 0) is 50.4 Å². The first-order chi connectivity index (χ1) is 8.35. The molecular weight excluding hydrogens is 246 g/mol. The maximum Gasteiger partial charge on any atom is 0.150 e. The monoisotopic (exact) mass is 273 g/mol. The molecule has 0 bridgehead atoms. The Balaban J connectivity index is 2.05. The molecule has 0 aliphatic heterocycles. The van der Waals surface area contributed by atoms with Crippen LogP contribution in [0, 0.1) is 11.8 Å². The molecule has 2 rings (SSSR count). The summed E-state index contributed by atoms with van der Waals surface area (Å²) in [6.07, 6.45) is 9.80. The molecule has 4 unspecified atom stereocenters. The van der Waals surface area contributed by atoms with Crippen LogP contribution in [0.15, 0.2) is 0 Å². The van der Waals surface area contributed by atoms with Crippen LogP contribution in [0.1, 0.15) is 58.3 Å². The van der Waals surface area contributed by atoms with Crippen LogP contribution in [-0.4, -0.2) is 25.5 Å².